The summed E-state index contributed by atoms with van der Waals surface area (Å²) in [6, 6.07) is 5.74. The van der Waals surface area contributed by atoms with Gasteiger partial charge in [-0.3, -0.25) is 14.4 Å². The van der Waals surface area contributed by atoms with E-state index in [2.05, 4.69) is 4.28 Å². The van der Waals surface area contributed by atoms with Crippen LogP contribution in [0.15, 0.2) is 24.3 Å². The average Bonchev–Trinajstić information content (AvgIpc) is 2.74. The van der Waals surface area contributed by atoms with E-state index in [0.29, 0.717) is 12.8 Å². The molecule has 1 aromatic rings. The van der Waals surface area contributed by atoms with Crippen molar-refractivity contribution in [2.75, 3.05) is 0 Å². The summed E-state index contributed by atoms with van der Waals surface area (Å²) in [5.74, 6) is -5.49. The number of benzene rings is 1. The third kappa shape index (κ3) is 3.38. The van der Waals surface area contributed by atoms with Gasteiger partial charge in [0.1, 0.15) is 11.4 Å². The Labute approximate surface area is 187 Å². The maximum absolute atomic E-state index is 14.8. The van der Waals surface area contributed by atoms with Crippen LogP contribution in [-0.2, 0) is 39.9 Å². The minimum absolute atomic E-state index is 0.0303. The second kappa shape index (κ2) is 7.13. The highest BCUT2D eigenvalue weighted by molar-refractivity contribution is 7.88. The van der Waals surface area contributed by atoms with Gasteiger partial charge in [-0.15, -0.1) is 9.35 Å². The smallest absolute Gasteiger partial charge is 0.454 e. The normalized spacial score (nSPS) is 31.0. The van der Waals surface area contributed by atoms with E-state index >= 15 is 0 Å². The molecule has 4 bridgehead atoms. The van der Waals surface area contributed by atoms with Crippen molar-refractivity contribution in [2.45, 2.75) is 49.4 Å². The Morgan fingerprint density at radius 2 is 1.70 bits per heavy atom. The molecule has 12 heteroatoms. The number of nitrogens with zero attached hydrogens (tertiary/aromatic N) is 1. The molecule has 33 heavy (non-hydrogen) atoms. The van der Waals surface area contributed by atoms with Gasteiger partial charge in [-0.1, -0.05) is 18.2 Å². The van der Waals surface area contributed by atoms with E-state index in [1.807, 2.05) is 0 Å². The van der Waals surface area contributed by atoms with Gasteiger partial charge in [-0.2, -0.15) is 17.2 Å². The number of carbonyl (C=O) groups excluding carboxylic acids is 4. The van der Waals surface area contributed by atoms with E-state index < -0.39 is 57.0 Å². The number of halogens is 2. The number of Topliss-reactive ketones (excluding diaryl/α,β-unsaturated/α-hetero) is 1. The Morgan fingerprint density at radius 3 is 2.36 bits per heavy atom. The Morgan fingerprint density at radius 1 is 1.06 bits per heavy atom. The molecule has 1 aliphatic heterocycles. The Balaban J connectivity index is 1.35. The number of fused-ring (bicyclic) bond motifs is 1. The predicted octanol–water partition coefficient (Wildman–Crippen LogP) is 1.76. The highest BCUT2D eigenvalue weighted by Crippen LogP contribution is 2.56. The van der Waals surface area contributed by atoms with Crippen LogP contribution in [-0.4, -0.2) is 47.9 Å². The second-order valence-corrected chi connectivity index (χ2v) is 10.8. The van der Waals surface area contributed by atoms with Gasteiger partial charge >= 0.3 is 21.3 Å². The van der Waals surface area contributed by atoms with Crippen LogP contribution in [0.1, 0.15) is 48.0 Å². The van der Waals surface area contributed by atoms with Gasteiger partial charge in [-0.05, 0) is 49.7 Å². The van der Waals surface area contributed by atoms with Gasteiger partial charge in [-0.25, -0.2) is 4.79 Å². The Bertz CT molecular complexity index is 1180. The third-order valence-corrected chi connectivity index (χ3v) is 8.11. The van der Waals surface area contributed by atoms with E-state index in [-0.39, 0.29) is 47.2 Å². The van der Waals surface area contributed by atoms with Gasteiger partial charge in [0.2, 0.25) is 0 Å². The van der Waals surface area contributed by atoms with Crippen molar-refractivity contribution in [3.05, 3.63) is 35.4 Å². The average molecular weight is 483 g/mol. The number of imide groups is 1. The minimum atomic E-state index is -6.11. The molecule has 4 fully saturated rings. The lowest BCUT2D eigenvalue weighted by atomic mass is 9.53. The van der Waals surface area contributed by atoms with Crippen LogP contribution in [0.4, 0.5) is 8.78 Å². The molecule has 0 saturated heterocycles. The van der Waals surface area contributed by atoms with Crippen molar-refractivity contribution >= 4 is 33.7 Å². The number of hydrogen-bond acceptors (Lipinski definition) is 8. The number of amides is 2. The predicted molar refractivity (Wildman–Crippen MR) is 104 cm³/mol. The number of rotatable bonds is 5. The van der Waals surface area contributed by atoms with Crippen LogP contribution < -0.4 is 0 Å². The first kappa shape index (κ1) is 22.1. The molecule has 4 saturated carbocycles. The molecule has 0 aromatic heterocycles. The number of hydrogen-bond donors (Lipinski definition) is 0. The lowest BCUT2D eigenvalue weighted by Crippen LogP contribution is -2.58. The van der Waals surface area contributed by atoms with Crippen LogP contribution in [0.3, 0.4) is 0 Å². The first-order chi connectivity index (χ1) is 15.4. The molecule has 0 radical (unpaired) electrons. The summed E-state index contributed by atoms with van der Waals surface area (Å²) in [7, 11) is -6.11. The lowest BCUT2D eigenvalue weighted by Gasteiger charge is -2.54. The molecule has 0 N–H and O–H groups in total. The van der Waals surface area contributed by atoms with Gasteiger partial charge in [0.15, 0.2) is 0 Å². The number of ether oxygens (including phenoxy) is 1. The molecule has 2 unspecified atom stereocenters. The summed E-state index contributed by atoms with van der Waals surface area (Å²) in [5, 5.41) is -5.46. The minimum Gasteiger partial charge on any atom is -0.454 e. The monoisotopic (exact) mass is 483 g/mol. The molecule has 176 valence electrons. The number of carbonyl (C=O) groups is 4. The number of ketones is 1. The van der Waals surface area contributed by atoms with Gasteiger partial charge in [0.25, 0.3) is 11.8 Å². The fourth-order valence-electron chi connectivity index (χ4n) is 5.72. The van der Waals surface area contributed by atoms with Crippen LogP contribution in [0, 0.1) is 17.8 Å². The fourth-order valence-corrected chi connectivity index (χ4v) is 6.41. The zero-order valence-corrected chi connectivity index (χ0v) is 18.0. The van der Waals surface area contributed by atoms with E-state index in [9.17, 15) is 36.4 Å². The molecule has 9 nitrogen and oxygen atoms in total. The van der Waals surface area contributed by atoms with Crippen LogP contribution in [0.5, 0.6) is 0 Å². The summed E-state index contributed by atoms with van der Waals surface area (Å²) in [4.78, 5) is 49.3. The zero-order chi connectivity index (χ0) is 23.8. The number of alkyl halides is 2. The topological polar surface area (TPSA) is 124 Å². The maximum Gasteiger partial charge on any atom is 0.468 e. The number of hydroxylamine groups is 2. The van der Waals surface area contributed by atoms with E-state index in [4.69, 9.17) is 4.74 Å². The van der Waals surface area contributed by atoms with Crippen molar-refractivity contribution in [1.29, 1.82) is 0 Å². The van der Waals surface area contributed by atoms with Crippen LogP contribution in [0.2, 0.25) is 0 Å². The molecular weight excluding hydrogens is 464 g/mol. The first-order valence-electron chi connectivity index (χ1n) is 10.5. The first-order valence-corrected chi connectivity index (χ1v) is 11.9. The maximum atomic E-state index is 14.8. The molecule has 1 heterocycles. The summed E-state index contributed by atoms with van der Waals surface area (Å²) in [6.45, 7) is 0. The van der Waals surface area contributed by atoms with E-state index in [0.717, 1.165) is 0 Å². The van der Waals surface area contributed by atoms with Crippen molar-refractivity contribution in [3.8, 4) is 0 Å². The van der Waals surface area contributed by atoms with Crippen molar-refractivity contribution in [2.24, 2.45) is 17.8 Å². The summed E-state index contributed by atoms with van der Waals surface area (Å²) in [5.41, 5.74) is -1.14. The van der Waals surface area contributed by atoms with Gasteiger partial charge < -0.3 is 4.74 Å². The van der Waals surface area contributed by atoms with Crippen molar-refractivity contribution in [3.63, 3.8) is 0 Å². The third-order valence-electron chi connectivity index (χ3n) is 6.97. The largest absolute Gasteiger partial charge is 0.468 e. The van der Waals surface area contributed by atoms with Crippen molar-refractivity contribution in [1.82, 2.24) is 5.06 Å². The summed E-state index contributed by atoms with van der Waals surface area (Å²) >= 11 is 0. The molecule has 2 atom stereocenters. The van der Waals surface area contributed by atoms with Crippen molar-refractivity contribution < 1.29 is 45.4 Å². The summed E-state index contributed by atoms with van der Waals surface area (Å²) in [6.07, 6.45) is 1.17. The molecule has 4 aliphatic carbocycles. The van der Waals surface area contributed by atoms with Crippen LogP contribution >= 0.6 is 0 Å². The quantitative estimate of drug-likeness (QED) is 0.458. The standard InChI is InChI=1S/C21H19F2NO8S/c22-21(23,19(28)31-20-8-11-5-13(9-20)17(26)14(6-11)10-20)33(29,30)32-24-16(25)7-12-3-1-2-4-15(12)18(24)27/h1-4,11,13-14H,5-10H2. The molecule has 1 aromatic carbocycles. The highest BCUT2D eigenvalue weighted by atomic mass is 32.2. The van der Waals surface area contributed by atoms with Crippen LogP contribution in [0.25, 0.3) is 0 Å². The van der Waals surface area contributed by atoms with E-state index in [1.165, 1.54) is 18.2 Å². The summed E-state index contributed by atoms with van der Waals surface area (Å²) < 4.78 is 63.4. The molecule has 2 amide bonds. The number of esters is 1. The second-order valence-electron chi connectivity index (χ2n) is 9.19. The molecule has 0 spiro atoms. The SMILES string of the molecule is O=C1C2CC3CC1CC(OC(=O)C(F)(F)S(=O)(=O)ON1C(=O)Cc4ccccc4C1=O)(C3)C2. The molecular formula is C21H19F2NO8S. The molecule has 5 aliphatic rings. The lowest BCUT2D eigenvalue weighted by molar-refractivity contribution is -0.202. The van der Waals surface area contributed by atoms with Gasteiger partial charge in [0, 0.05) is 17.4 Å². The Kier molecular flexibility index (Phi) is 4.77. The van der Waals surface area contributed by atoms with E-state index in [1.54, 1.807) is 6.07 Å². The fraction of sp³-hybridized carbons (Fsp3) is 0.524. The molecule has 6 rings (SSSR count). The van der Waals surface area contributed by atoms with Gasteiger partial charge in [0.05, 0.1) is 6.42 Å². The Hall–Kier alpha value is -2.73. The zero-order valence-electron chi connectivity index (χ0n) is 17.2. The highest BCUT2D eigenvalue weighted by Gasteiger charge is 2.63.